The number of carbonyl (C=O) groups excluding carboxylic acids is 1. The van der Waals surface area contributed by atoms with E-state index >= 15 is 0 Å². The summed E-state index contributed by atoms with van der Waals surface area (Å²) in [7, 11) is 0. The Morgan fingerprint density at radius 2 is 2.36 bits per heavy atom. The Labute approximate surface area is 128 Å². The van der Waals surface area contributed by atoms with E-state index in [1.165, 1.54) is 0 Å². The summed E-state index contributed by atoms with van der Waals surface area (Å²) in [5.41, 5.74) is 1.64. The zero-order chi connectivity index (χ0) is 15.4. The van der Waals surface area contributed by atoms with E-state index in [-0.39, 0.29) is 11.8 Å². The van der Waals surface area contributed by atoms with Gasteiger partial charge in [-0.2, -0.15) is 0 Å². The fourth-order valence-electron chi connectivity index (χ4n) is 2.68. The molecule has 116 valence electrons. The maximum Gasteiger partial charge on any atom is 0.229 e. The molecule has 1 saturated heterocycles. The van der Waals surface area contributed by atoms with Crippen molar-refractivity contribution in [2.24, 2.45) is 5.92 Å². The Bertz CT molecular complexity index is 628. The average molecular weight is 301 g/mol. The maximum absolute atomic E-state index is 12.4. The molecule has 1 N–H and O–H groups in total. The molecule has 3 heterocycles. The van der Waals surface area contributed by atoms with Crippen molar-refractivity contribution in [3.63, 3.8) is 0 Å². The summed E-state index contributed by atoms with van der Waals surface area (Å²) in [5, 5.41) is 10.6. The van der Waals surface area contributed by atoms with Gasteiger partial charge in [-0.15, -0.1) is 0 Å². The summed E-state index contributed by atoms with van der Waals surface area (Å²) in [5.74, 6) is 0.593. The molecule has 2 aromatic heterocycles. The number of pyridine rings is 1. The van der Waals surface area contributed by atoms with Gasteiger partial charge < -0.3 is 5.32 Å². The van der Waals surface area contributed by atoms with Gasteiger partial charge in [-0.05, 0) is 38.4 Å². The minimum Gasteiger partial charge on any atom is -0.310 e. The van der Waals surface area contributed by atoms with Crippen LogP contribution in [0.2, 0.25) is 0 Å². The van der Waals surface area contributed by atoms with Gasteiger partial charge in [0.2, 0.25) is 5.91 Å². The van der Waals surface area contributed by atoms with E-state index in [9.17, 15) is 4.79 Å². The highest BCUT2D eigenvalue weighted by molar-refractivity contribution is 5.91. The summed E-state index contributed by atoms with van der Waals surface area (Å²) < 4.78 is 4.73. The molecule has 0 bridgehead atoms. The van der Waals surface area contributed by atoms with Crippen LogP contribution in [0, 0.1) is 12.8 Å². The fourth-order valence-corrected chi connectivity index (χ4v) is 2.68. The first-order valence-corrected chi connectivity index (χ1v) is 7.44. The van der Waals surface area contributed by atoms with Gasteiger partial charge in [-0.25, -0.2) is 9.61 Å². The van der Waals surface area contributed by atoms with Crippen LogP contribution >= 0.6 is 0 Å². The number of hydrogen-bond donors (Lipinski definition) is 1. The first-order valence-electron chi connectivity index (χ1n) is 7.44. The van der Waals surface area contributed by atoms with Crippen LogP contribution in [0.3, 0.4) is 0 Å². The van der Waals surface area contributed by atoms with Crippen molar-refractivity contribution in [3.8, 4) is 0 Å². The first kappa shape index (κ1) is 14.6. The van der Waals surface area contributed by atoms with E-state index in [2.05, 4.69) is 25.5 Å². The van der Waals surface area contributed by atoms with Crippen LogP contribution in [0.1, 0.15) is 24.2 Å². The molecule has 2 aromatic rings. The number of piperidine rings is 1. The second kappa shape index (κ2) is 6.65. The molecule has 0 radical (unpaired) electrons. The van der Waals surface area contributed by atoms with Crippen molar-refractivity contribution in [2.45, 2.75) is 26.3 Å². The van der Waals surface area contributed by atoms with E-state index in [1.54, 1.807) is 12.3 Å². The van der Waals surface area contributed by atoms with Crippen LogP contribution in [0.5, 0.6) is 0 Å². The maximum atomic E-state index is 12.4. The topological polar surface area (TPSA) is 84.2 Å². The fraction of sp³-hybridized carbons (Fsp3) is 0.467. The van der Waals surface area contributed by atoms with E-state index in [4.69, 9.17) is 4.63 Å². The quantitative estimate of drug-likeness (QED) is 0.924. The van der Waals surface area contributed by atoms with Crippen molar-refractivity contribution in [1.29, 1.82) is 0 Å². The number of nitrogens with one attached hydrogen (secondary N) is 1. The Kier molecular flexibility index (Phi) is 4.43. The number of carbonyl (C=O) groups is 1. The number of anilines is 1. The summed E-state index contributed by atoms with van der Waals surface area (Å²) in [4.78, 5) is 18.7. The predicted molar refractivity (Wildman–Crippen MR) is 79.9 cm³/mol. The summed E-state index contributed by atoms with van der Waals surface area (Å²) in [6.07, 6.45) is 3.55. The summed E-state index contributed by atoms with van der Waals surface area (Å²) in [6, 6.07) is 5.48. The van der Waals surface area contributed by atoms with Crippen molar-refractivity contribution < 1.29 is 9.42 Å². The largest absolute Gasteiger partial charge is 0.310 e. The molecular formula is C15H19N5O2. The number of nitrogens with zero attached hydrogens (tertiary/aromatic N) is 4. The van der Waals surface area contributed by atoms with Crippen LogP contribution in [0.4, 0.5) is 5.82 Å². The molecule has 0 aromatic carbocycles. The molecule has 7 heteroatoms. The molecule has 1 amide bonds. The number of likely N-dealkylation sites (tertiary alicyclic amines) is 1. The van der Waals surface area contributed by atoms with Crippen molar-refractivity contribution >= 4 is 11.7 Å². The molecule has 1 atom stereocenters. The first-order chi connectivity index (χ1) is 10.7. The molecule has 0 spiro atoms. The molecular weight excluding hydrogens is 282 g/mol. The number of aryl methyl sites for hydroxylation is 1. The van der Waals surface area contributed by atoms with Crippen molar-refractivity contribution in [2.75, 3.05) is 18.4 Å². The Hall–Kier alpha value is -2.28. The lowest BCUT2D eigenvalue weighted by Gasteiger charge is -2.31. The van der Waals surface area contributed by atoms with Gasteiger partial charge in [-0.3, -0.25) is 9.69 Å². The lowest BCUT2D eigenvalue weighted by Crippen LogP contribution is -2.40. The van der Waals surface area contributed by atoms with Crippen LogP contribution in [0.25, 0.3) is 0 Å². The molecule has 22 heavy (non-hydrogen) atoms. The molecule has 1 aliphatic heterocycles. The number of rotatable bonds is 4. The Balaban J connectivity index is 1.58. The van der Waals surface area contributed by atoms with Crippen LogP contribution in [0.15, 0.2) is 29.0 Å². The Morgan fingerprint density at radius 1 is 1.45 bits per heavy atom. The molecule has 1 aliphatic rings. The van der Waals surface area contributed by atoms with Crippen LogP contribution in [-0.4, -0.2) is 39.2 Å². The van der Waals surface area contributed by atoms with E-state index in [0.717, 1.165) is 30.8 Å². The Morgan fingerprint density at radius 3 is 3.09 bits per heavy atom. The lowest BCUT2D eigenvalue weighted by molar-refractivity contribution is -0.121. The smallest absolute Gasteiger partial charge is 0.229 e. The molecule has 3 rings (SSSR count). The van der Waals surface area contributed by atoms with Gasteiger partial charge in [-0.1, -0.05) is 16.4 Å². The van der Waals surface area contributed by atoms with Crippen molar-refractivity contribution in [3.05, 3.63) is 35.8 Å². The highest BCUT2D eigenvalue weighted by atomic mass is 16.6. The molecule has 0 aliphatic carbocycles. The van der Waals surface area contributed by atoms with Gasteiger partial charge in [0, 0.05) is 19.3 Å². The van der Waals surface area contributed by atoms with Gasteiger partial charge in [0.15, 0.2) is 0 Å². The molecule has 0 unspecified atom stereocenters. The summed E-state index contributed by atoms with van der Waals surface area (Å²) >= 11 is 0. The highest BCUT2D eigenvalue weighted by Gasteiger charge is 2.27. The van der Waals surface area contributed by atoms with Gasteiger partial charge in [0.05, 0.1) is 5.92 Å². The standard InChI is InChI=1S/C15H19N5O2/c1-11-13(19-22-18-11)10-20-8-4-5-12(9-20)15(21)17-14-6-2-3-7-16-14/h2-3,6-7,12H,4-5,8-10H2,1H3,(H,16,17,21)/t12-/m0/s1. The number of aromatic nitrogens is 3. The third kappa shape index (κ3) is 3.48. The molecule has 1 fully saturated rings. The van der Waals surface area contributed by atoms with E-state index < -0.39 is 0 Å². The zero-order valence-corrected chi connectivity index (χ0v) is 12.5. The summed E-state index contributed by atoms with van der Waals surface area (Å²) in [6.45, 7) is 4.22. The normalized spacial score (nSPS) is 19.0. The minimum absolute atomic E-state index is 0.0263. The third-order valence-corrected chi connectivity index (χ3v) is 3.91. The van der Waals surface area contributed by atoms with Crippen molar-refractivity contribution in [1.82, 2.24) is 20.2 Å². The average Bonchev–Trinajstić information content (AvgIpc) is 2.94. The zero-order valence-electron chi connectivity index (χ0n) is 12.5. The van der Waals surface area contributed by atoms with Gasteiger partial charge in [0.25, 0.3) is 0 Å². The predicted octanol–water partition coefficient (Wildman–Crippen LogP) is 1.62. The second-order valence-electron chi connectivity index (χ2n) is 5.57. The van der Waals surface area contributed by atoms with Crippen LogP contribution in [-0.2, 0) is 11.3 Å². The SMILES string of the molecule is Cc1nonc1CN1CCC[C@H](C(=O)Nc2ccccn2)C1. The van der Waals surface area contributed by atoms with E-state index in [1.807, 2.05) is 19.1 Å². The number of hydrogen-bond acceptors (Lipinski definition) is 6. The number of amides is 1. The molecule has 7 nitrogen and oxygen atoms in total. The van der Waals surface area contributed by atoms with Gasteiger partial charge in [0.1, 0.15) is 17.2 Å². The third-order valence-electron chi connectivity index (χ3n) is 3.91. The second-order valence-corrected chi connectivity index (χ2v) is 5.57. The van der Waals surface area contributed by atoms with Crippen LogP contribution < -0.4 is 5.32 Å². The minimum atomic E-state index is -0.0316. The lowest BCUT2D eigenvalue weighted by atomic mass is 9.97. The molecule has 0 saturated carbocycles. The van der Waals surface area contributed by atoms with E-state index in [0.29, 0.717) is 18.9 Å². The van der Waals surface area contributed by atoms with Gasteiger partial charge >= 0.3 is 0 Å². The monoisotopic (exact) mass is 301 g/mol. The highest BCUT2D eigenvalue weighted by Crippen LogP contribution is 2.20.